The summed E-state index contributed by atoms with van der Waals surface area (Å²) in [7, 11) is 0. The Morgan fingerprint density at radius 1 is 1.24 bits per heavy atom. The zero-order valence-corrected chi connectivity index (χ0v) is 10.4. The number of nitrogens with zero attached hydrogens (tertiary/aromatic N) is 1. The molecule has 1 aliphatic carbocycles. The van der Waals surface area contributed by atoms with Gasteiger partial charge in [-0.25, -0.2) is 0 Å². The highest BCUT2D eigenvalue weighted by atomic mass is 16.2. The lowest BCUT2D eigenvalue weighted by Crippen LogP contribution is -2.32. The van der Waals surface area contributed by atoms with Gasteiger partial charge in [-0.15, -0.1) is 0 Å². The first kappa shape index (κ1) is 10.8. The molecular formula is C15H19NO. The van der Waals surface area contributed by atoms with Gasteiger partial charge in [-0.3, -0.25) is 4.79 Å². The summed E-state index contributed by atoms with van der Waals surface area (Å²) in [4.78, 5) is 14.5. The Morgan fingerprint density at radius 3 is 2.71 bits per heavy atom. The number of benzene rings is 1. The molecule has 1 fully saturated rings. The van der Waals surface area contributed by atoms with Crippen molar-refractivity contribution in [3.8, 4) is 0 Å². The molecule has 0 N–H and O–H groups in total. The molecule has 2 heteroatoms. The average molecular weight is 229 g/mol. The zero-order valence-electron chi connectivity index (χ0n) is 10.4. The van der Waals surface area contributed by atoms with Crippen LogP contribution in [0.5, 0.6) is 0 Å². The van der Waals surface area contributed by atoms with Crippen LogP contribution in [0.1, 0.15) is 44.6 Å². The average Bonchev–Trinajstić information content (AvgIpc) is 3.11. The number of hydrogen-bond donors (Lipinski definition) is 0. The molecule has 0 radical (unpaired) electrons. The standard InChI is InChI=1S/C15H19NO/c1-2-3-6-11-16-13-8-5-4-7-12(13)15(9-10-15)14(16)17/h4-5,7-8H,2-3,6,9-11H2,1H3. The number of unbranched alkanes of at least 4 members (excludes halogenated alkanes) is 2. The summed E-state index contributed by atoms with van der Waals surface area (Å²) in [6.45, 7) is 3.09. The highest BCUT2D eigenvalue weighted by Crippen LogP contribution is 2.57. The predicted molar refractivity (Wildman–Crippen MR) is 69.2 cm³/mol. The number of anilines is 1. The minimum Gasteiger partial charge on any atom is -0.311 e. The van der Waals surface area contributed by atoms with Gasteiger partial charge in [-0.2, -0.15) is 0 Å². The lowest BCUT2D eigenvalue weighted by atomic mass is 9.98. The van der Waals surface area contributed by atoms with Gasteiger partial charge < -0.3 is 4.90 Å². The molecule has 1 aromatic rings. The SMILES string of the molecule is CCCCCN1C(=O)C2(CC2)c2ccccc21. The lowest BCUT2D eigenvalue weighted by Gasteiger charge is -2.17. The fourth-order valence-electron chi connectivity index (χ4n) is 2.95. The van der Waals surface area contributed by atoms with Crippen LogP contribution < -0.4 is 4.90 Å². The molecule has 1 saturated carbocycles. The molecule has 90 valence electrons. The molecule has 1 amide bonds. The number of hydrogen-bond acceptors (Lipinski definition) is 1. The van der Waals surface area contributed by atoms with Crippen molar-refractivity contribution in [2.24, 2.45) is 0 Å². The van der Waals surface area contributed by atoms with Crippen LogP contribution in [0.2, 0.25) is 0 Å². The van der Waals surface area contributed by atoms with Gasteiger partial charge in [-0.1, -0.05) is 38.0 Å². The van der Waals surface area contributed by atoms with Gasteiger partial charge in [0.1, 0.15) is 0 Å². The third-order valence-electron chi connectivity index (χ3n) is 4.10. The molecular weight excluding hydrogens is 210 g/mol. The first-order valence-corrected chi connectivity index (χ1v) is 6.71. The van der Waals surface area contributed by atoms with E-state index in [0.717, 1.165) is 25.8 Å². The Labute approximate surface area is 103 Å². The molecule has 1 spiro atoms. The zero-order chi connectivity index (χ0) is 11.9. The fourth-order valence-corrected chi connectivity index (χ4v) is 2.95. The monoisotopic (exact) mass is 229 g/mol. The summed E-state index contributed by atoms with van der Waals surface area (Å²) in [5.41, 5.74) is 2.34. The second-order valence-electron chi connectivity index (χ2n) is 5.26. The smallest absolute Gasteiger partial charge is 0.237 e. The van der Waals surface area contributed by atoms with E-state index in [1.54, 1.807) is 0 Å². The van der Waals surface area contributed by atoms with E-state index in [0.29, 0.717) is 5.91 Å². The maximum atomic E-state index is 12.5. The summed E-state index contributed by atoms with van der Waals surface area (Å²) in [6.07, 6.45) is 5.63. The summed E-state index contributed by atoms with van der Waals surface area (Å²) >= 11 is 0. The van der Waals surface area contributed by atoms with Crippen LogP contribution in [0.15, 0.2) is 24.3 Å². The highest BCUT2D eigenvalue weighted by molar-refractivity contribution is 6.10. The van der Waals surface area contributed by atoms with E-state index in [9.17, 15) is 4.79 Å². The van der Waals surface area contributed by atoms with Crippen molar-refractivity contribution in [3.63, 3.8) is 0 Å². The number of para-hydroxylation sites is 1. The van der Waals surface area contributed by atoms with Crippen molar-refractivity contribution in [1.29, 1.82) is 0 Å². The normalized spacial score (nSPS) is 19.8. The van der Waals surface area contributed by atoms with Crippen LogP contribution in [0.4, 0.5) is 5.69 Å². The second kappa shape index (κ2) is 3.86. The van der Waals surface area contributed by atoms with Crippen molar-refractivity contribution in [2.45, 2.75) is 44.4 Å². The molecule has 0 aromatic heterocycles. The molecule has 2 aliphatic rings. The number of carbonyl (C=O) groups is 1. The lowest BCUT2D eigenvalue weighted by molar-refractivity contribution is -0.120. The Morgan fingerprint density at radius 2 is 2.00 bits per heavy atom. The number of rotatable bonds is 4. The second-order valence-corrected chi connectivity index (χ2v) is 5.26. The van der Waals surface area contributed by atoms with Crippen molar-refractivity contribution < 1.29 is 4.79 Å². The number of amides is 1. The Bertz CT molecular complexity index is 448. The number of carbonyl (C=O) groups excluding carboxylic acids is 1. The van der Waals surface area contributed by atoms with E-state index in [1.165, 1.54) is 24.1 Å². The van der Waals surface area contributed by atoms with Gasteiger partial charge in [0.25, 0.3) is 0 Å². The molecule has 1 aromatic carbocycles. The van der Waals surface area contributed by atoms with Crippen LogP contribution in [-0.2, 0) is 10.2 Å². The molecule has 1 aliphatic heterocycles. The minimum atomic E-state index is -0.108. The quantitative estimate of drug-likeness (QED) is 0.726. The van der Waals surface area contributed by atoms with Gasteiger partial charge in [0, 0.05) is 12.2 Å². The van der Waals surface area contributed by atoms with Crippen LogP contribution in [-0.4, -0.2) is 12.5 Å². The summed E-state index contributed by atoms with van der Waals surface area (Å²) in [6, 6.07) is 8.34. The third kappa shape index (κ3) is 1.50. The van der Waals surface area contributed by atoms with E-state index < -0.39 is 0 Å². The van der Waals surface area contributed by atoms with E-state index in [1.807, 2.05) is 11.0 Å². The summed E-state index contributed by atoms with van der Waals surface area (Å²) in [5.74, 6) is 0.356. The van der Waals surface area contributed by atoms with Gasteiger partial charge in [-0.05, 0) is 30.9 Å². The first-order valence-electron chi connectivity index (χ1n) is 6.71. The third-order valence-corrected chi connectivity index (χ3v) is 4.10. The molecule has 17 heavy (non-hydrogen) atoms. The Kier molecular flexibility index (Phi) is 2.46. The largest absolute Gasteiger partial charge is 0.311 e. The van der Waals surface area contributed by atoms with E-state index in [-0.39, 0.29) is 5.41 Å². The summed E-state index contributed by atoms with van der Waals surface area (Å²) in [5, 5.41) is 0. The molecule has 0 unspecified atom stereocenters. The summed E-state index contributed by atoms with van der Waals surface area (Å²) < 4.78 is 0. The van der Waals surface area contributed by atoms with E-state index in [2.05, 4.69) is 25.1 Å². The Balaban J connectivity index is 1.88. The van der Waals surface area contributed by atoms with Gasteiger partial charge in [0.2, 0.25) is 5.91 Å². The topological polar surface area (TPSA) is 20.3 Å². The maximum Gasteiger partial charge on any atom is 0.237 e. The Hall–Kier alpha value is -1.31. The minimum absolute atomic E-state index is 0.108. The first-order chi connectivity index (χ1) is 8.29. The van der Waals surface area contributed by atoms with Crippen LogP contribution >= 0.6 is 0 Å². The van der Waals surface area contributed by atoms with Crippen LogP contribution in [0, 0.1) is 0 Å². The van der Waals surface area contributed by atoms with Gasteiger partial charge in [0.05, 0.1) is 5.41 Å². The van der Waals surface area contributed by atoms with E-state index >= 15 is 0 Å². The molecule has 0 bridgehead atoms. The molecule has 0 saturated heterocycles. The van der Waals surface area contributed by atoms with Gasteiger partial charge in [0.15, 0.2) is 0 Å². The van der Waals surface area contributed by atoms with Gasteiger partial charge >= 0.3 is 0 Å². The fraction of sp³-hybridized carbons (Fsp3) is 0.533. The van der Waals surface area contributed by atoms with E-state index in [4.69, 9.17) is 0 Å². The highest BCUT2D eigenvalue weighted by Gasteiger charge is 2.58. The van der Waals surface area contributed by atoms with Crippen LogP contribution in [0.25, 0.3) is 0 Å². The maximum absolute atomic E-state index is 12.5. The predicted octanol–water partition coefficient (Wildman–Crippen LogP) is 3.26. The van der Waals surface area contributed by atoms with Crippen molar-refractivity contribution in [1.82, 2.24) is 0 Å². The number of fused-ring (bicyclic) bond motifs is 2. The van der Waals surface area contributed by atoms with Crippen LogP contribution in [0.3, 0.4) is 0 Å². The molecule has 2 nitrogen and oxygen atoms in total. The molecule has 3 rings (SSSR count). The molecule has 1 heterocycles. The van der Waals surface area contributed by atoms with Crippen molar-refractivity contribution in [3.05, 3.63) is 29.8 Å². The van der Waals surface area contributed by atoms with Crippen molar-refractivity contribution >= 4 is 11.6 Å². The van der Waals surface area contributed by atoms with Crippen molar-refractivity contribution in [2.75, 3.05) is 11.4 Å². The molecule has 0 atom stereocenters.